The van der Waals surface area contributed by atoms with Crippen LogP contribution in [0.25, 0.3) is 0 Å². The van der Waals surface area contributed by atoms with Crippen molar-refractivity contribution in [1.82, 2.24) is 0 Å². The number of rotatable bonds is 1. The zero-order valence-corrected chi connectivity index (χ0v) is 6.47. The monoisotopic (exact) mass is 228 g/mol. The van der Waals surface area contributed by atoms with Crippen molar-refractivity contribution >= 4 is 47.0 Å². The van der Waals surface area contributed by atoms with Crippen molar-refractivity contribution < 1.29 is 5.11 Å². The minimum Gasteiger partial charge on any atom is -0.396 e. The molecule has 0 spiro atoms. The third-order valence-corrected chi connectivity index (χ3v) is 0.365. The van der Waals surface area contributed by atoms with E-state index >= 15 is 0 Å². The molecular weight excluding hydrogens is 215 g/mol. The van der Waals surface area contributed by atoms with Gasteiger partial charge in [0.2, 0.25) is 0 Å². The molecule has 0 aromatic heterocycles. The van der Waals surface area contributed by atoms with E-state index in [4.69, 9.17) is 5.11 Å². The Labute approximate surface area is 78.0 Å². The van der Waals surface area contributed by atoms with Crippen LogP contribution < -0.4 is 0 Å². The van der Waals surface area contributed by atoms with E-state index < -0.39 is 0 Å². The summed E-state index contributed by atoms with van der Waals surface area (Å²) in [6.07, 6.45) is 0. The van der Waals surface area contributed by atoms with E-state index in [0.717, 1.165) is 0 Å². The minimum atomic E-state index is 0. The smallest absolute Gasteiger partial charge is 0.316 e. The van der Waals surface area contributed by atoms with Gasteiger partial charge in [-0.25, -0.2) is 0 Å². The predicted octanol–water partition coefficient (Wildman–Crippen LogP) is 0.336. The number of hydrogen-bond acceptors (Lipinski definition) is 1. The predicted molar refractivity (Wildman–Crippen MR) is 45.9 cm³/mol. The summed E-state index contributed by atoms with van der Waals surface area (Å²) < 4.78 is 0. The molecule has 0 aromatic carbocycles. The molecule has 0 heterocycles. The Balaban J connectivity index is -0.0000000800. The highest BCUT2D eigenvalue weighted by atomic mass is 127. The lowest BCUT2D eigenvalue weighted by Gasteiger charge is -1.90. The first kappa shape index (κ1) is 15.8. The van der Waals surface area contributed by atoms with Crippen molar-refractivity contribution in [3.05, 3.63) is 0 Å². The van der Waals surface area contributed by atoms with E-state index in [1.165, 1.54) is 0 Å². The van der Waals surface area contributed by atoms with Crippen molar-refractivity contribution in [2.75, 3.05) is 6.61 Å². The fourth-order valence-electron chi connectivity index (χ4n) is 0. The van der Waals surface area contributed by atoms with Gasteiger partial charge in [0, 0.05) is 6.61 Å². The molecule has 3 heteroatoms. The van der Waals surface area contributed by atoms with Gasteiger partial charge in [-0.3, -0.25) is 0 Å². The lowest BCUT2D eigenvalue weighted by molar-refractivity contribution is 0.248. The zero-order valence-electron chi connectivity index (χ0n) is 4.14. The maximum absolute atomic E-state index is 8.14. The van der Waals surface area contributed by atoms with Gasteiger partial charge in [0.15, 0.2) is 0 Å². The summed E-state index contributed by atoms with van der Waals surface area (Å²) in [5.74, 6) is 0.440. The summed E-state index contributed by atoms with van der Waals surface area (Å²) >= 11 is 0. The third-order valence-electron chi connectivity index (χ3n) is 0.365. The van der Waals surface area contributed by atoms with E-state index in [1.807, 2.05) is 13.8 Å². The van der Waals surface area contributed by atoms with Crippen molar-refractivity contribution in [1.29, 1.82) is 0 Å². The second-order valence-electron chi connectivity index (χ2n) is 1.58. The van der Waals surface area contributed by atoms with Gasteiger partial charge in [0.05, 0.1) is 0 Å². The van der Waals surface area contributed by atoms with Gasteiger partial charge in [0.25, 0.3) is 0 Å². The average molecular weight is 228 g/mol. The van der Waals surface area contributed by atoms with Gasteiger partial charge in [-0.2, -0.15) is 0 Å². The largest absolute Gasteiger partial charge is 0.396 e. The highest BCUT2D eigenvalue weighted by molar-refractivity contribution is 14.0. The fraction of sp³-hybridized carbons (Fsp3) is 1.00. The summed E-state index contributed by atoms with van der Waals surface area (Å²) in [4.78, 5) is 0. The van der Waals surface area contributed by atoms with Gasteiger partial charge in [-0.05, 0) is 5.92 Å². The molecule has 0 aliphatic carbocycles. The molecule has 0 aliphatic heterocycles. The Morgan fingerprint density at radius 3 is 1.57 bits per heavy atom. The van der Waals surface area contributed by atoms with Crippen LogP contribution in [0.1, 0.15) is 13.8 Å². The van der Waals surface area contributed by atoms with Crippen LogP contribution in [-0.4, -0.2) is 34.8 Å². The van der Waals surface area contributed by atoms with Crippen LogP contribution in [0.4, 0.5) is 0 Å². The summed E-state index contributed by atoms with van der Waals surface area (Å²) in [6, 6.07) is 0. The summed E-state index contributed by atoms with van der Waals surface area (Å²) in [5, 5.41) is 8.14. The summed E-state index contributed by atoms with van der Waals surface area (Å²) in [5.41, 5.74) is 0. The van der Waals surface area contributed by atoms with Crippen LogP contribution in [0.5, 0.6) is 0 Å². The maximum atomic E-state index is 8.14. The molecule has 0 aromatic rings. The molecule has 0 radical (unpaired) electrons. The SMILES string of the molecule is CC(C)CO.I.[MgH2]. The van der Waals surface area contributed by atoms with E-state index in [2.05, 4.69) is 0 Å². The average Bonchev–Trinajstić information content (AvgIpc) is 1.38. The Kier molecular flexibility index (Phi) is 23.6. The van der Waals surface area contributed by atoms with Crippen molar-refractivity contribution in [3.8, 4) is 0 Å². The molecule has 0 bridgehead atoms. The van der Waals surface area contributed by atoms with Gasteiger partial charge >= 0.3 is 23.1 Å². The maximum Gasteiger partial charge on any atom is 0.316 e. The molecule has 44 valence electrons. The van der Waals surface area contributed by atoms with Gasteiger partial charge in [0.1, 0.15) is 0 Å². The molecule has 0 fully saturated rings. The van der Waals surface area contributed by atoms with Crippen LogP contribution in [0, 0.1) is 5.92 Å². The van der Waals surface area contributed by atoms with Crippen molar-refractivity contribution in [2.24, 2.45) is 5.92 Å². The molecular formula is C4H13IMgO. The lowest BCUT2D eigenvalue weighted by atomic mass is 10.2. The number of aliphatic hydroxyl groups is 1. The Morgan fingerprint density at radius 2 is 1.57 bits per heavy atom. The van der Waals surface area contributed by atoms with Crippen LogP contribution in [0.2, 0.25) is 0 Å². The first-order valence-electron chi connectivity index (χ1n) is 1.88. The molecule has 0 saturated carbocycles. The summed E-state index contributed by atoms with van der Waals surface area (Å²) in [6.45, 7) is 4.25. The molecule has 0 amide bonds. The molecule has 0 atom stereocenters. The number of hydrogen-bond donors (Lipinski definition) is 1. The van der Waals surface area contributed by atoms with Crippen molar-refractivity contribution in [3.63, 3.8) is 0 Å². The first-order valence-corrected chi connectivity index (χ1v) is 1.88. The molecule has 0 saturated heterocycles. The standard InChI is InChI=1S/C4H10O.HI.Mg.2H/c1-4(2)3-5;;;;/h4-5H,3H2,1-2H3;1H;;;. The quantitative estimate of drug-likeness (QED) is 0.507. The first-order chi connectivity index (χ1) is 2.27. The normalized spacial score (nSPS) is 6.86. The highest BCUT2D eigenvalue weighted by Gasteiger charge is 1.81. The molecule has 1 nitrogen and oxygen atoms in total. The van der Waals surface area contributed by atoms with Crippen molar-refractivity contribution in [2.45, 2.75) is 13.8 Å². The Bertz CT molecular complexity index is 25.7. The molecule has 0 unspecified atom stereocenters. The van der Waals surface area contributed by atoms with E-state index in [-0.39, 0.29) is 47.0 Å². The van der Waals surface area contributed by atoms with Crippen LogP contribution in [0.3, 0.4) is 0 Å². The van der Waals surface area contributed by atoms with E-state index in [9.17, 15) is 0 Å². The fourth-order valence-corrected chi connectivity index (χ4v) is 0. The second-order valence-corrected chi connectivity index (χ2v) is 1.58. The van der Waals surface area contributed by atoms with Gasteiger partial charge in [-0.1, -0.05) is 13.8 Å². The molecule has 7 heavy (non-hydrogen) atoms. The van der Waals surface area contributed by atoms with Gasteiger partial charge < -0.3 is 5.11 Å². The number of halogens is 1. The van der Waals surface area contributed by atoms with Gasteiger partial charge in [-0.15, -0.1) is 24.0 Å². The van der Waals surface area contributed by atoms with Crippen LogP contribution >= 0.6 is 24.0 Å². The van der Waals surface area contributed by atoms with E-state index in [1.54, 1.807) is 0 Å². The lowest BCUT2D eigenvalue weighted by Crippen LogP contribution is -1.90. The zero-order chi connectivity index (χ0) is 4.28. The van der Waals surface area contributed by atoms with Crippen LogP contribution in [0.15, 0.2) is 0 Å². The molecule has 1 N–H and O–H groups in total. The number of aliphatic hydroxyl groups excluding tert-OH is 1. The second kappa shape index (κ2) is 10.4. The minimum absolute atomic E-state index is 0. The Hall–Kier alpha value is 1.46. The van der Waals surface area contributed by atoms with E-state index in [0.29, 0.717) is 12.5 Å². The third kappa shape index (κ3) is 18.6. The molecule has 0 aliphatic rings. The highest BCUT2D eigenvalue weighted by Crippen LogP contribution is 1.83. The Morgan fingerprint density at radius 1 is 1.43 bits per heavy atom. The van der Waals surface area contributed by atoms with Crippen LogP contribution in [-0.2, 0) is 0 Å². The molecule has 0 rings (SSSR count). The summed E-state index contributed by atoms with van der Waals surface area (Å²) in [7, 11) is 0. The topological polar surface area (TPSA) is 20.2 Å².